The monoisotopic (exact) mass is 308 g/mol. The van der Waals surface area contributed by atoms with Gasteiger partial charge >= 0.3 is 35.6 Å². The maximum absolute atomic E-state index is 4.89. The average Bonchev–Trinajstić information content (AvgIpc) is 3.13. The zero-order valence-corrected chi connectivity index (χ0v) is 13.6. The van der Waals surface area contributed by atoms with Crippen LogP contribution in [-0.4, -0.2) is 0 Å². The molecule has 0 aliphatic heterocycles. The molecule has 0 radical (unpaired) electrons. The van der Waals surface area contributed by atoms with Crippen LogP contribution in [0.25, 0.3) is 0 Å². The average molecular weight is 309 g/mol. The summed E-state index contributed by atoms with van der Waals surface area (Å²) in [5.41, 5.74) is 0. The van der Waals surface area contributed by atoms with Gasteiger partial charge in [-0.1, -0.05) is 37.5 Å². The molecule has 0 aromatic heterocycles. The minimum absolute atomic E-state index is 0.556. The van der Waals surface area contributed by atoms with Gasteiger partial charge in [0.15, 0.2) is 0 Å². The van der Waals surface area contributed by atoms with Gasteiger partial charge in [-0.25, -0.2) is 0 Å². The number of fused-ring (bicyclic) bond motifs is 4. The van der Waals surface area contributed by atoms with Crippen LogP contribution in [-0.2, 0) is 17.0 Å². The molecule has 4 saturated carbocycles. The minimum atomic E-state index is -0.556. The van der Waals surface area contributed by atoms with E-state index in [0.717, 1.165) is 11.8 Å². The van der Waals surface area contributed by atoms with E-state index in [9.17, 15) is 0 Å². The molecule has 4 rings (SSSR count). The standard InChI is InChI=1S/2C7H11.2ClH.Ti/c2*1-2-7-4-3-6(1)5-7;;;/h2*6H,1-5H2;2*1H;/q2*-1;;;+2/p-2. The Bertz CT molecular complexity index is 164. The molecule has 0 nitrogen and oxygen atoms in total. The summed E-state index contributed by atoms with van der Waals surface area (Å²) < 4.78 is 0. The molecule has 4 aliphatic carbocycles. The first-order chi connectivity index (χ1) is 8.31. The fraction of sp³-hybridized carbons (Fsp3) is 0.857. The van der Waals surface area contributed by atoms with E-state index in [1.165, 1.54) is 64.2 Å². The van der Waals surface area contributed by atoms with Crippen LogP contribution in [0.3, 0.4) is 0 Å². The van der Waals surface area contributed by atoms with Crippen LogP contribution in [0.15, 0.2) is 0 Å². The Morgan fingerprint density at radius 3 is 1.06 bits per heavy atom. The summed E-state index contributed by atoms with van der Waals surface area (Å²) in [4.78, 5) is 0. The van der Waals surface area contributed by atoms with E-state index in [-0.39, 0.29) is 0 Å². The van der Waals surface area contributed by atoms with E-state index in [0.29, 0.717) is 0 Å². The zero-order chi connectivity index (χ0) is 12.1. The molecular weight excluding hydrogens is 287 g/mol. The Kier molecular flexibility index (Phi) is 6.73. The van der Waals surface area contributed by atoms with Gasteiger partial charge in [0.1, 0.15) is 0 Å². The van der Waals surface area contributed by atoms with Crippen molar-refractivity contribution in [3.63, 3.8) is 0 Å². The maximum atomic E-state index is 4.89. The predicted octanol–water partition coefficient (Wildman–Crippen LogP) is 5.69. The third-order valence-electron chi connectivity index (χ3n) is 4.78. The molecule has 98 valence electrons. The van der Waals surface area contributed by atoms with Crippen molar-refractivity contribution in [1.82, 2.24) is 0 Å². The Morgan fingerprint density at radius 1 is 0.706 bits per heavy atom. The van der Waals surface area contributed by atoms with Crippen molar-refractivity contribution in [2.75, 3.05) is 0 Å². The first-order valence-electron chi connectivity index (χ1n) is 6.95. The van der Waals surface area contributed by atoms with Gasteiger partial charge in [-0.15, -0.1) is 0 Å². The van der Waals surface area contributed by atoms with Crippen molar-refractivity contribution in [1.29, 1.82) is 0 Å². The molecule has 4 fully saturated rings. The molecule has 17 heavy (non-hydrogen) atoms. The SMILES string of the molecule is C1CC2CC[C-]1C2.C1CC2CC[C-]1C2.[Cl][Ti][Cl]. The molecule has 0 spiro atoms. The summed E-state index contributed by atoms with van der Waals surface area (Å²) in [6.07, 6.45) is 15.0. The third-order valence-corrected chi connectivity index (χ3v) is 4.78. The molecular formula is C14H22Cl2Ti-2. The van der Waals surface area contributed by atoms with Gasteiger partial charge in [0.2, 0.25) is 0 Å². The van der Waals surface area contributed by atoms with Crippen LogP contribution in [0, 0.1) is 23.7 Å². The van der Waals surface area contributed by atoms with E-state index in [1.807, 2.05) is 11.8 Å². The van der Waals surface area contributed by atoms with Crippen molar-refractivity contribution in [3.8, 4) is 0 Å². The summed E-state index contributed by atoms with van der Waals surface area (Å²) in [5.74, 6) is 6.00. The summed E-state index contributed by atoms with van der Waals surface area (Å²) >= 11 is -0.556. The fourth-order valence-corrected chi connectivity index (χ4v) is 3.80. The molecule has 0 saturated heterocycles. The van der Waals surface area contributed by atoms with E-state index < -0.39 is 17.0 Å². The van der Waals surface area contributed by atoms with Crippen molar-refractivity contribution < 1.29 is 17.0 Å². The molecule has 0 aromatic carbocycles. The van der Waals surface area contributed by atoms with E-state index in [1.54, 1.807) is 0 Å². The van der Waals surface area contributed by atoms with Gasteiger partial charge in [0.25, 0.3) is 0 Å². The molecule has 0 amide bonds. The first-order valence-corrected chi connectivity index (χ1v) is 11.2. The number of hydrogen-bond donors (Lipinski definition) is 0. The summed E-state index contributed by atoms with van der Waals surface area (Å²) in [7, 11) is 9.78. The second-order valence-corrected chi connectivity index (χ2v) is 8.45. The molecule has 0 aromatic rings. The van der Waals surface area contributed by atoms with Crippen molar-refractivity contribution >= 4 is 18.6 Å². The fourth-order valence-electron chi connectivity index (χ4n) is 3.80. The second kappa shape index (κ2) is 7.78. The van der Waals surface area contributed by atoms with Crippen molar-refractivity contribution in [3.05, 3.63) is 11.8 Å². The van der Waals surface area contributed by atoms with E-state index in [4.69, 9.17) is 18.6 Å². The molecule has 3 heteroatoms. The molecule has 0 unspecified atom stereocenters. The van der Waals surface area contributed by atoms with Gasteiger partial charge in [0, 0.05) is 0 Å². The van der Waals surface area contributed by atoms with Crippen molar-refractivity contribution in [2.45, 2.75) is 64.2 Å². The molecule has 4 bridgehead atoms. The van der Waals surface area contributed by atoms with Crippen LogP contribution in [0.4, 0.5) is 0 Å². The summed E-state index contributed by atoms with van der Waals surface area (Å²) in [6.45, 7) is 0. The predicted molar refractivity (Wildman–Crippen MR) is 71.3 cm³/mol. The van der Waals surface area contributed by atoms with E-state index in [2.05, 4.69) is 0 Å². The summed E-state index contributed by atoms with van der Waals surface area (Å²) in [5, 5.41) is 0. The topological polar surface area (TPSA) is 0 Å². The van der Waals surface area contributed by atoms with Gasteiger partial charge in [-0.05, 0) is 0 Å². The molecule has 0 N–H and O–H groups in total. The zero-order valence-electron chi connectivity index (χ0n) is 10.5. The van der Waals surface area contributed by atoms with Gasteiger partial charge < -0.3 is 11.8 Å². The molecule has 4 aliphatic rings. The second-order valence-electron chi connectivity index (χ2n) is 5.87. The van der Waals surface area contributed by atoms with Crippen LogP contribution in [0.1, 0.15) is 64.2 Å². The Labute approximate surface area is 123 Å². The molecule has 0 heterocycles. The Hall–Kier alpha value is 1.29. The molecule has 0 atom stereocenters. The number of halogens is 2. The Balaban J connectivity index is 0.000000105. The number of rotatable bonds is 0. The van der Waals surface area contributed by atoms with Gasteiger partial charge in [0.05, 0.1) is 0 Å². The van der Waals surface area contributed by atoms with Crippen LogP contribution in [0.5, 0.6) is 0 Å². The first kappa shape index (κ1) is 14.7. The van der Waals surface area contributed by atoms with Crippen molar-refractivity contribution in [2.24, 2.45) is 11.8 Å². The van der Waals surface area contributed by atoms with Crippen LogP contribution >= 0.6 is 18.6 Å². The number of hydrogen-bond acceptors (Lipinski definition) is 0. The third kappa shape index (κ3) is 4.71. The normalized spacial score (nSPS) is 27.6. The van der Waals surface area contributed by atoms with E-state index >= 15 is 0 Å². The van der Waals surface area contributed by atoms with Gasteiger partial charge in [-0.2, -0.15) is 38.5 Å². The summed E-state index contributed by atoms with van der Waals surface area (Å²) in [6, 6.07) is 0. The van der Waals surface area contributed by atoms with Gasteiger partial charge in [-0.3, -0.25) is 0 Å². The van der Waals surface area contributed by atoms with Crippen LogP contribution in [0.2, 0.25) is 0 Å². The Morgan fingerprint density at radius 2 is 1.00 bits per heavy atom. The van der Waals surface area contributed by atoms with Crippen LogP contribution < -0.4 is 0 Å². The quantitative estimate of drug-likeness (QED) is 0.398.